The van der Waals surface area contributed by atoms with Crippen molar-refractivity contribution in [3.05, 3.63) is 54.0 Å². The van der Waals surface area contributed by atoms with Gasteiger partial charge in [0.1, 0.15) is 5.82 Å². The Balaban J connectivity index is 1.95. The van der Waals surface area contributed by atoms with Crippen molar-refractivity contribution in [3.63, 3.8) is 0 Å². The number of hydrogen-bond acceptors (Lipinski definition) is 2. The maximum Gasteiger partial charge on any atom is 0.123 e. The van der Waals surface area contributed by atoms with Gasteiger partial charge in [-0.1, -0.05) is 18.2 Å². The van der Waals surface area contributed by atoms with Crippen LogP contribution in [0.1, 0.15) is 18.4 Å². The van der Waals surface area contributed by atoms with E-state index in [1.807, 2.05) is 18.2 Å². The summed E-state index contributed by atoms with van der Waals surface area (Å²) in [5.41, 5.74) is 2.13. The van der Waals surface area contributed by atoms with Crippen LogP contribution in [0.5, 0.6) is 0 Å². The number of halogens is 1. The second-order valence-electron chi connectivity index (χ2n) is 4.64. The lowest BCUT2D eigenvalue weighted by Gasteiger charge is -2.06. The minimum atomic E-state index is -0.312. The maximum atomic E-state index is 13.1. The number of aromatic nitrogens is 1. The van der Waals surface area contributed by atoms with Crippen LogP contribution in [0.15, 0.2) is 42.6 Å². The molecule has 1 saturated carbocycles. The second kappa shape index (κ2) is 3.92. The molecule has 1 aromatic heterocycles. The van der Waals surface area contributed by atoms with Gasteiger partial charge in [0.15, 0.2) is 0 Å². The molecule has 3 rings (SSSR count). The third kappa shape index (κ3) is 1.76. The van der Waals surface area contributed by atoms with Crippen LogP contribution in [0.3, 0.4) is 0 Å². The van der Waals surface area contributed by atoms with Crippen molar-refractivity contribution >= 4 is 0 Å². The van der Waals surface area contributed by atoms with Crippen LogP contribution >= 0.6 is 0 Å². The lowest BCUT2D eigenvalue weighted by Crippen LogP contribution is -2.02. The van der Waals surface area contributed by atoms with E-state index in [9.17, 15) is 4.39 Å². The zero-order chi connectivity index (χ0) is 12.6. The Hall–Kier alpha value is -2.21. The average Bonchev–Trinajstić information content (AvgIpc) is 3.20. The highest BCUT2D eigenvalue weighted by Crippen LogP contribution is 2.47. The summed E-state index contributed by atoms with van der Waals surface area (Å²) in [6.45, 7) is 0. The molecule has 0 radical (unpaired) electrons. The minimum absolute atomic E-state index is 0.269. The van der Waals surface area contributed by atoms with Gasteiger partial charge in [-0.05, 0) is 36.6 Å². The first-order valence-electron chi connectivity index (χ1n) is 5.87. The molecule has 1 aromatic carbocycles. The number of hydrogen-bond donors (Lipinski definition) is 0. The van der Waals surface area contributed by atoms with Crippen molar-refractivity contribution in [2.75, 3.05) is 0 Å². The molecule has 1 fully saturated rings. The van der Waals surface area contributed by atoms with E-state index in [4.69, 9.17) is 5.26 Å². The number of benzene rings is 1. The summed E-state index contributed by atoms with van der Waals surface area (Å²) in [7, 11) is 0. The number of rotatable bonds is 2. The molecule has 88 valence electrons. The molecule has 0 unspecified atom stereocenters. The summed E-state index contributed by atoms with van der Waals surface area (Å²) in [6, 6.07) is 12.5. The molecular weight excluding hydrogens is 227 g/mol. The third-order valence-electron chi connectivity index (χ3n) is 3.40. The molecule has 1 heterocycles. The molecule has 0 bridgehead atoms. The molecular formula is C15H11FN2. The lowest BCUT2D eigenvalue weighted by atomic mass is 9.99. The molecule has 0 amide bonds. The van der Waals surface area contributed by atoms with Crippen LogP contribution in [0.25, 0.3) is 11.3 Å². The highest BCUT2D eigenvalue weighted by molar-refractivity contribution is 5.59. The van der Waals surface area contributed by atoms with Gasteiger partial charge in [-0.3, -0.25) is 4.98 Å². The molecule has 3 heteroatoms. The van der Waals surface area contributed by atoms with Crippen LogP contribution in [0.2, 0.25) is 0 Å². The molecule has 2 aromatic rings. The van der Waals surface area contributed by atoms with E-state index in [-0.39, 0.29) is 11.2 Å². The van der Waals surface area contributed by atoms with E-state index < -0.39 is 0 Å². The predicted octanol–water partition coefficient (Wildman–Crippen LogP) is 3.44. The van der Waals surface area contributed by atoms with Crippen LogP contribution in [0, 0.1) is 17.1 Å². The van der Waals surface area contributed by atoms with Crippen LogP contribution < -0.4 is 0 Å². The molecule has 0 atom stereocenters. The fourth-order valence-electron chi connectivity index (χ4n) is 2.09. The molecule has 0 N–H and O–H groups in total. The Morgan fingerprint density at radius 2 is 2.06 bits per heavy atom. The Morgan fingerprint density at radius 1 is 1.22 bits per heavy atom. The van der Waals surface area contributed by atoms with Gasteiger partial charge in [-0.15, -0.1) is 0 Å². The first-order valence-corrected chi connectivity index (χ1v) is 5.87. The van der Waals surface area contributed by atoms with Crippen molar-refractivity contribution in [2.45, 2.75) is 18.3 Å². The Morgan fingerprint density at radius 3 is 2.61 bits per heavy atom. The zero-order valence-electron chi connectivity index (χ0n) is 9.73. The largest absolute Gasteiger partial charge is 0.256 e. The first-order chi connectivity index (χ1) is 8.73. The summed E-state index contributed by atoms with van der Waals surface area (Å²) in [5.74, 6) is -0.269. The van der Waals surface area contributed by atoms with E-state index in [0.29, 0.717) is 0 Å². The van der Waals surface area contributed by atoms with Gasteiger partial charge in [-0.25, -0.2) is 4.39 Å². The molecule has 2 nitrogen and oxygen atoms in total. The van der Waals surface area contributed by atoms with E-state index in [2.05, 4.69) is 11.1 Å². The summed E-state index contributed by atoms with van der Waals surface area (Å²) in [4.78, 5) is 4.33. The van der Waals surface area contributed by atoms with E-state index in [0.717, 1.165) is 29.7 Å². The fraction of sp³-hybridized carbons (Fsp3) is 0.200. The van der Waals surface area contributed by atoms with E-state index in [1.54, 1.807) is 12.3 Å². The number of nitriles is 1. The van der Waals surface area contributed by atoms with Gasteiger partial charge in [0, 0.05) is 11.8 Å². The van der Waals surface area contributed by atoms with Gasteiger partial charge in [0.05, 0.1) is 17.2 Å². The number of pyridine rings is 1. The standard InChI is InChI=1S/C15H11FN2/c16-13-3-1-2-11(8-13)14-5-4-12(9-18-14)15(10-17)6-7-15/h1-5,8-9H,6-7H2. The molecule has 18 heavy (non-hydrogen) atoms. The van der Waals surface area contributed by atoms with Crippen molar-refractivity contribution < 1.29 is 4.39 Å². The molecule has 1 aliphatic carbocycles. The van der Waals surface area contributed by atoms with Crippen LogP contribution in [0.4, 0.5) is 4.39 Å². The van der Waals surface area contributed by atoms with E-state index >= 15 is 0 Å². The normalized spacial score (nSPS) is 16.0. The zero-order valence-corrected chi connectivity index (χ0v) is 9.73. The monoisotopic (exact) mass is 238 g/mol. The summed E-state index contributed by atoms with van der Waals surface area (Å²) in [6.07, 6.45) is 3.55. The quantitative estimate of drug-likeness (QED) is 0.803. The van der Waals surface area contributed by atoms with Gasteiger partial charge < -0.3 is 0 Å². The number of nitrogens with zero attached hydrogens (tertiary/aromatic N) is 2. The van der Waals surface area contributed by atoms with Gasteiger partial charge in [-0.2, -0.15) is 5.26 Å². The fourth-order valence-corrected chi connectivity index (χ4v) is 2.09. The smallest absolute Gasteiger partial charge is 0.123 e. The lowest BCUT2D eigenvalue weighted by molar-refractivity contribution is 0.628. The molecule has 0 aliphatic heterocycles. The highest BCUT2D eigenvalue weighted by Gasteiger charge is 2.45. The third-order valence-corrected chi connectivity index (χ3v) is 3.40. The van der Waals surface area contributed by atoms with Crippen molar-refractivity contribution in [1.29, 1.82) is 5.26 Å². The van der Waals surface area contributed by atoms with Crippen molar-refractivity contribution in [3.8, 4) is 17.3 Å². The van der Waals surface area contributed by atoms with E-state index in [1.165, 1.54) is 12.1 Å². The van der Waals surface area contributed by atoms with Crippen molar-refractivity contribution in [2.24, 2.45) is 0 Å². The molecule has 0 saturated heterocycles. The topological polar surface area (TPSA) is 36.7 Å². The average molecular weight is 238 g/mol. The summed E-state index contributed by atoms with van der Waals surface area (Å²) in [5, 5.41) is 9.11. The summed E-state index contributed by atoms with van der Waals surface area (Å²) >= 11 is 0. The Bertz CT molecular complexity index is 622. The second-order valence-corrected chi connectivity index (χ2v) is 4.64. The Labute approximate surface area is 105 Å². The van der Waals surface area contributed by atoms with Gasteiger partial charge in [0.25, 0.3) is 0 Å². The highest BCUT2D eigenvalue weighted by atomic mass is 19.1. The van der Waals surface area contributed by atoms with Crippen LogP contribution in [-0.4, -0.2) is 4.98 Å². The van der Waals surface area contributed by atoms with Gasteiger partial charge in [0.2, 0.25) is 0 Å². The van der Waals surface area contributed by atoms with Crippen LogP contribution in [-0.2, 0) is 5.41 Å². The minimum Gasteiger partial charge on any atom is -0.256 e. The van der Waals surface area contributed by atoms with Gasteiger partial charge >= 0.3 is 0 Å². The molecule has 0 spiro atoms. The SMILES string of the molecule is N#CC1(c2ccc(-c3cccc(F)c3)nc2)CC1. The molecule has 1 aliphatic rings. The summed E-state index contributed by atoms with van der Waals surface area (Å²) < 4.78 is 13.1. The Kier molecular flexibility index (Phi) is 2.38. The first kappa shape index (κ1) is 10.9. The predicted molar refractivity (Wildman–Crippen MR) is 66.2 cm³/mol. The maximum absolute atomic E-state index is 13.1. The van der Waals surface area contributed by atoms with Crippen molar-refractivity contribution in [1.82, 2.24) is 4.98 Å².